The Labute approximate surface area is 97.3 Å². The summed E-state index contributed by atoms with van der Waals surface area (Å²) in [5.41, 5.74) is 1.32. The monoisotopic (exact) mass is 246 g/mol. The molecule has 0 radical (unpaired) electrons. The molecule has 1 N–H and O–H groups in total. The molecule has 0 unspecified atom stereocenters. The van der Waals surface area contributed by atoms with Crippen LogP contribution in [0.15, 0.2) is 30.8 Å². The van der Waals surface area contributed by atoms with Crippen LogP contribution in [-0.2, 0) is 0 Å². The predicted octanol–water partition coefficient (Wildman–Crippen LogP) is 3.02. The van der Waals surface area contributed by atoms with Crippen LogP contribution in [0.5, 0.6) is 5.75 Å². The van der Waals surface area contributed by atoms with Crippen molar-refractivity contribution >= 4 is 5.57 Å². The zero-order valence-electron chi connectivity index (χ0n) is 9.13. The summed E-state index contributed by atoms with van der Waals surface area (Å²) < 4.78 is 40.4. The van der Waals surface area contributed by atoms with Crippen molar-refractivity contribution in [3.05, 3.63) is 36.4 Å². The van der Waals surface area contributed by atoms with E-state index in [4.69, 9.17) is 5.11 Å². The van der Waals surface area contributed by atoms with Crippen molar-refractivity contribution in [1.82, 2.24) is 0 Å². The van der Waals surface area contributed by atoms with Crippen molar-refractivity contribution in [2.75, 3.05) is 13.2 Å². The first-order valence-corrected chi connectivity index (χ1v) is 5.01. The average molecular weight is 246 g/mol. The SMILES string of the molecule is C=C(CCO)c1cccc(OCC(F)(F)F)c1. The lowest BCUT2D eigenvalue weighted by Gasteiger charge is -2.11. The third-order valence-corrected chi connectivity index (χ3v) is 2.06. The van der Waals surface area contributed by atoms with Crippen LogP contribution in [0, 0.1) is 0 Å². The van der Waals surface area contributed by atoms with Crippen LogP contribution >= 0.6 is 0 Å². The lowest BCUT2D eigenvalue weighted by Crippen LogP contribution is -2.19. The van der Waals surface area contributed by atoms with Crippen molar-refractivity contribution in [3.63, 3.8) is 0 Å². The third-order valence-electron chi connectivity index (χ3n) is 2.06. The summed E-state index contributed by atoms with van der Waals surface area (Å²) in [5.74, 6) is 0.138. The fraction of sp³-hybridized carbons (Fsp3) is 0.333. The topological polar surface area (TPSA) is 29.5 Å². The Morgan fingerprint density at radius 2 is 2.06 bits per heavy atom. The van der Waals surface area contributed by atoms with E-state index in [1.165, 1.54) is 12.1 Å². The van der Waals surface area contributed by atoms with Gasteiger partial charge in [-0.1, -0.05) is 18.7 Å². The van der Waals surface area contributed by atoms with Gasteiger partial charge in [-0.3, -0.25) is 0 Å². The van der Waals surface area contributed by atoms with Gasteiger partial charge in [0.05, 0.1) is 0 Å². The molecule has 0 spiro atoms. The molecule has 0 saturated heterocycles. The second-order valence-electron chi connectivity index (χ2n) is 3.51. The molecule has 2 nitrogen and oxygen atoms in total. The first-order valence-electron chi connectivity index (χ1n) is 5.01. The summed E-state index contributed by atoms with van der Waals surface area (Å²) in [5, 5.41) is 8.74. The van der Waals surface area contributed by atoms with Gasteiger partial charge >= 0.3 is 6.18 Å². The minimum absolute atomic E-state index is 0.0491. The molecule has 0 atom stereocenters. The van der Waals surface area contributed by atoms with E-state index < -0.39 is 12.8 Å². The minimum Gasteiger partial charge on any atom is -0.484 e. The van der Waals surface area contributed by atoms with E-state index in [0.717, 1.165) is 0 Å². The molecule has 0 aliphatic rings. The van der Waals surface area contributed by atoms with Gasteiger partial charge in [-0.15, -0.1) is 0 Å². The van der Waals surface area contributed by atoms with Crippen molar-refractivity contribution in [2.24, 2.45) is 0 Å². The van der Waals surface area contributed by atoms with Gasteiger partial charge in [0.2, 0.25) is 0 Å². The molecule has 0 amide bonds. The maximum atomic E-state index is 11.9. The second kappa shape index (κ2) is 5.72. The molecule has 1 rings (SSSR count). The number of aliphatic hydroxyl groups is 1. The molecular weight excluding hydrogens is 233 g/mol. The van der Waals surface area contributed by atoms with Crippen LogP contribution < -0.4 is 4.74 Å². The zero-order valence-corrected chi connectivity index (χ0v) is 9.13. The van der Waals surface area contributed by atoms with Crippen LogP contribution in [0.25, 0.3) is 5.57 Å². The van der Waals surface area contributed by atoms with Crippen LogP contribution in [-0.4, -0.2) is 24.5 Å². The van der Waals surface area contributed by atoms with Gasteiger partial charge < -0.3 is 9.84 Å². The molecule has 0 heterocycles. The van der Waals surface area contributed by atoms with Crippen LogP contribution in [0.4, 0.5) is 13.2 Å². The smallest absolute Gasteiger partial charge is 0.422 e. The van der Waals surface area contributed by atoms with Crippen LogP contribution in [0.1, 0.15) is 12.0 Å². The van der Waals surface area contributed by atoms with Gasteiger partial charge in [0, 0.05) is 6.61 Å². The van der Waals surface area contributed by atoms with E-state index >= 15 is 0 Å². The molecule has 94 valence electrons. The fourth-order valence-electron chi connectivity index (χ4n) is 1.25. The Bertz CT molecular complexity index is 386. The van der Waals surface area contributed by atoms with E-state index in [-0.39, 0.29) is 12.4 Å². The molecule has 0 fully saturated rings. The zero-order chi connectivity index (χ0) is 12.9. The Morgan fingerprint density at radius 1 is 1.35 bits per heavy atom. The van der Waals surface area contributed by atoms with Gasteiger partial charge in [0.1, 0.15) is 5.75 Å². The lowest BCUT2D eigenvalue weighted by molar-refractivity contribution is -0.153. The van der Waals surface area contributed by atoms with Gasteiger partial charge in [0.15, 0.2) is 6.61 Å². The first kappa shape index (κ1) is 13.6. The molecule has 17 heavy (non-hydrogen) atoms. The summed E-state index contributed by atoms with van der Waals surface area (Å²) in [6.45, 7) is 2.36. The normalized spacial score (nSPS) is 11.3. The summed E-state index contributed by atoms with van der Waals surface area (Å²) in [7, 11) is 0. The highest BCUT2D eigenvalue weighted by Gasteiger charge is 2.28. The Morgan fingerprint density at radius 3 is 2.65 bits per heavy atom. The number of rotatable bonds is 5. The number of hydrogen-bond donors (Lipinski definition) is 1. The van der Waals surface area contributed by atoms with Gasteiger partial charge in [0.25, 0.3) is 0 Å². The third kappa shape index (κ3) is 4.91. The molecule has 5 heteroatoms. The summed E-state index contributed by atoms with van der Waals surface area (Å²) in [6, 6.07) is 6.22. The maximum absolute atomic E-state index is 11.9. The molecular formula is C12H13F3O2. The van der Waals surface area contributed by atoms with Crippen LogP contribution in [0.3, 0.4) is 0 Å². The maximum Gasteiger partial charge on any atom is 0.422 e. The average Bonchev–Trinajstić information content (AvgIpc) is 2.26. The predicted molar refractivity (Wildman–Crippen MR) is 58.7 cm³/mol. The fourth-order valence-corrected chi connectivity index (χ4v) is 1.25. The van der Waals surface area contributed by atoms with Crippen molar-refractivity contribution in [2.45, 2.75) is 12.6 Å². The highest BCUT2D eigenvalue weighted by Crippen LogP contribution is 2.23. The molecule has 1 aromatic carbocycles. The Kier molecular flexibility index (Phi) is 4.57. The quantitative estimate of drug-likeness (QED) is 0.865. The lowest BCUT2D eigenvalue weighted by atomic mass is 10.1. The number of benzene rings is 1. The summed E-state index contributed by atoms with van der Waals surface area (Å²) >= 11 is 0. The highest BCUT2D eigenvalue weighted by atomic mass is 19.4. The molecule has 0 aliphatic carbocycles. The number of aliphatic hydroxyl groups excluding tert-OH is 1. The van der Waals surface area contributed by atoms with E-state index in [2.05, 4.69) is 11.3 Å². The van der Waals surface area contributed by atoms with Gasteiger partial charge in [-0.25, -0.2) is 0 Å². The molecule has 0 saturated carbocycles. The number of ether oxygens (including phenoxy) is 1. The number of alkyl halides is 3. The number of halogens is 3. The van der Waals surface area contributed by atoms with Crippen LogP contribution in [0.2, 0.25) is 0 Å². The minimum atomic E-state index is -4.35. The molecule has 0 aromatic heterocycles. The summed E-state index contributed by atoms with van der Waals surface area (Å²) in [6.07, 6.45) is -3.97. The molecule has 1 aromatic rings. The largest absolute Gasteiger partial charge is 0.484 e. The Balaban J connectivity index is 2.69. The van der Waals surface area contributed by atoms with Crippen molar-refractivity contribution in [1.29, 1.82) is 0 Å². The van der Waals surface area contributed by atoms with E-state index in [1.807, 2.05) is 0 Å². The van der Waals surface area contributed by atoms with Crippen molar-refractivity contribution in [3.8, 4) is 5.75 Å². The van der Waals surface area contributed by atoms with Crippen molar-refractivity contribution < 1.29 is 23.0 Å². The van der Waals surface area contributed by atoms with E-state index in [1.54, 1.807) is 12.1 Å². The van der Waals surface area contributed by atoms with E-state index in [0.29, 0.717) is 17.6 Å². The van der Waals surface area contributed by atoms with Gasteiger partial charge in [-0.05, 0) is 29.7 Å². The number of hydrogen-bond acceptors (Lipinski definition) is 2. The second-order valence-corrected chi connectivity index (χ2v) is 3.51. The Hall–Kier alpha value is -1.49. The molecule has 0 bridgehead atoms. The van der Waals surface area contributed by atoms with Gasteiger partial charge in [-0.2, -0.15) is 13.2 Å². The first-order chi connectivity index (χ1) is 7.92. The summed E-state index contributed by atoms with van der Waals surface area (Å²) in [4.78, 5) is 0. The molecule has 0 aliphatic heterocycles. The van der Waals surface area contributed by atoms with E-state index in [9.17, 15) is 13.2 Å². The highest BCUT2D eigenvalue weighted by molar-refractivity contribution is 5.64. The standard InChI is InChI=1S/C12H13F3O2/c1-9(5-6-16)10-3-2-4-11(7-10)17-8-12(13,14)15/h2-4,7,16H,1,5-6,8H2.